The fourth-order valence-corrected chi connectivity index (χ4v) is 4.51. The van der Waals surface area contributed by atoms with Crippen molar-refractivity contribution in [3.05, 3.63) is 84.7 Å². The molecule has 4 aromatic rings. The molecule has 0 aliphatic carbocycles. The SMILES string of the molecule is O=C(c1ccc(NSc2cccc3cccnc23)cc1)N1CCN(C(=O)c2cocn2)CC1. The number of fused-ring (bicyclic) bond motifs is 1. The number of hydrogen-bond donors (Lipinski definition) is 1. The molecule has 1 saturated heterocycles. The maximum atomic E-state index is 12.9. The number of benzene rings is 2. The van der Waals surface area contributed by atoms with E-state index in [0.717, 1.165) is 21.5 Å². The number of nitrogens with one attached hydrogen (secondary N) is 1. The molecule has 0 atom stereocenters. The van der Waals surface area contributed by atoms with E-state index < -0.39 is 0 Å². The van der Waals surface area contributed by atoms with Crippen LogP contribution in [0.15, 0.2) is 82.8 Å². The van der Waals surface area contributed by atoms with Crippen molar-refractivity contribution >= 4 is 40.4 Å². The fourth-order valence-electron chi connectivity index (χ4n) is 3.73. The number of oxazole rings is 1. The second kappa shape index (κ2) is 9.33. The van der Waals surface area contributed by atoms with E-state index in [2.05, 4.69) is 14.7 Å². The molecule has 1 aliphatic heterocycles. The van der Waals surface area contributed by atoms with Crippen molar-refractivity contribution in [2.75, 3.05) is 30.9 Å². The first-order chi connectivity index (χ1) is 16.2. The molecule has 2 amide bonds. The number of carbonyl (C=O) groups is 2. The van der Waals surface area contributed by atoms with Gasteiger partial charge in [0.1, 0.15) is 6.26 Å². The van der Waals surface area contributed by atoms with Gasteiger partial charge in [-0.3, -0.25) is 14.6 Å². The van der Waals surface area contributed by atoms with Crippen LogP contribution in [-0.4, -0.2) is 57.8 Å². The zero-order valence-electron chi connectivity index (χ0n) is 17.7. The summed E-state index contributed by atoms with van der Waals surface area (Å²) in [6.07, 6.45) is 4.37. The lowest BCUT2D eigenvalue weighted by Gasteiger charge is -2.34. The third-order valence-electron chi connectivity index (χ3n) is 5.51. The number of hydrogen-bond acceptors (Lipinski definition) is 7. The molecular weight excluding hydrogens is 438 g/mol. The number of amides is 2. The zero-order valence-corrected chi connectivity index (χ0v) is 18.5. The van der Waals surface area contributed by atoms with Gasteiger partial charge in [-0.2, -0.15) is 0 Å². The van der Waals surface area contributed by atoms with Gasteiger partial charge in [0.25, 0.3) is 11.8 Å². The Balaban J connectivity index is 1.17. The highest BCUT2D eigenvalue weighted by Crippen LogP contribution is 2.27. The molecule has 5 rings (SSSR count). The largest absolute Gasteiger partial charge is 0.451 e. The van der Waals surface area contributed by atoms with Gasteiger partial charge >= 0.3 is 0 Å². The number of anilines is 1. The van der Waals surface area contributed by atoms with E-state index in [1.165, 1.54) is 24.6 Å². The van der Waals surface area contributed by atoms with Crippen molar-refractivity contribution in [3.8, 4) is 0 Å². The fraction of sp³-hybridized carbons (Fsp3) is 0.167. The minimum absolute atomic E-state index is 0.0407. The monoisotopic (exact) mass is 459 g/mol. The van der Waals surface area contributed by atoms with Gasteiger partial charge in [0.2, 0.25) is 0 Å². The third-order valence-corrected chi connectivity index (χ3v) is 6.40. The summed E-state index contributed by atoms with van der Waals surface area (Å²) in [5.74, 6) is -0.217. The Labute approximate surface area is 194 Å². The maximum absolute atomic E-state index is 12.9. The maximum Gasteiger partial charge on any atom is 0.275 e. The van der Waals surface area contributed by atoms with E-state index in [9.17, 15) is 9.59 Å². The molecule has 33 heavy (non-hydrogen) atoms. The minimum Gasteiger partial charge on any atom is -0.451 e. The van der Waals surface area contributed by atoms with Crippen LogP contribution in [-0.2, 0) is 0 Å². The van der Waals surface area contributed by atoms with Gasteiger partial charge in [0.05, 0.1) is 10.4 Å². The predicted octanol–water partition coefficient (Wildman–Crippen LogP) is 3.94. The Morgan fingerprint density at radius 3 is 2.33 bits per heavy atom. The van der Waals surface area contributed by atoms with Crippen LogP contribution in [0.2, 0.25) is 0 Å². The van der Waals surface area contributed by atoms with Gasteiger partial charge in [0, 0.05) is 49.0 Å². The van der Waals surface area contributed by atoms with Gasteiger partial charge in [-0.05, 0) is 48.3 Å². The van der Waals surface area contributed by atoms with Crippen LogP contribution in [0.5, 0.6) is 0 Å². The number of carbonyl (C=O) groups excluding carboxylic acids is 2. The molecule has 8 nitrogen and oxygen atoms in total. The second-order valence-electron chi connectivity index (χ2n) is 7.57. The molecule has 1 N–H and O–H groups in total. The quantitative estimate of drug-likeness (QED) is 0.452. The van der Waals surface area contributed by atoms with Gasteiger partial charge in [-0.15, -0.1) is 0 Å². The van der Waals surface area contributed by atoms with Crippen molar-refractivity contribution in [1.82, 2.24) is 19.8 Å². The third kappa shape index (κ3) is 4.54. The van der Waals surface area contributed by atoms with Crippen LogP contribution in [0.1, 0.15) is 20.8 Å². The molecule has 3 heterocycles. The van der Waals surface area contributed by atoms with Crippen LogP contribution in [0, 0.1) is 0 Å². The summed E-state index contributed by atoms with van der Waals surface area (Å²) in [5, 5.41) is 1.09. The first-order valence-corrected chi connectivity index (χ1v) is 11.3. The normalized spacial score (nSPS) is 13.8. The summed E-state index contributed by atoms with van der Waals surface area (Å²) in [5.41, 5.74) is 2.75. The molecule has 0 bridgehead atoms. The van der Waals surface area contributed by atoms with Crippen LogP contribution in [0.4, 0.5) is 5.69 Å². The summed E-state index contributed by atoms with van der Waals surface area (Å²) in [6, 6.07) is 17.5. The summed E-state index contributed by atoms with van der Waals surface area (Å²) in [6.45, 7) is 1.89. The Bertz CT molecular complexity index is 1260. The summed E-state index contributed by atoms with van der Waals surface area (Å²) in [4.78, 5) is 38.1. The Kier molecular flexibility index (Phi) is 5.95. The van der Waals surface area contributed by atoms with Crippen molar-refractivity contribution < 1.29 is 14.0 Å². The first kappa shape index (κ1) is 21.0. The van der Waals surface area contributed by atoms with Gasteiger partial charge in [-0.25, -0.2) is 4.98 Å². The van der Waals surface area contributed by atoms with E-state index in [4.69, 9.17) is 4.42 Å². The zero-order chi connectivity index (χ0) is 22.6. The molecule has 2 aromatic heterocycles. The molecule has 0 radical (unpaired) electrons. The van der Waals surface area contributed by atoms with Crippen LogP contribution < -0.4 is 4.72 Å². The van der Waals surface area contributed by atoms with Gasteiger partial charge < -0.3 is 18.9 Å². The molecule has 0 unspecified atom stereocenters. The topological polar surface area (TPSA) is 91.6 Å². The predicted molar refractivity (Wildman–Crippen MR) is 126 cm³/mol. The number of pyridine rings is 1. The van der Waals surface area contributed by atoms with Crippen LogP contribution >= 0.6 is 11.9 Å². The molecule has 166 valence electrons. The molecule has 1 fully saturated rings. The van der Waals surface area contributed by atoms with E-state index in [1.54, 1.807) is 16.0 Å². The van der Waals surface area contributed by atoms with E-state index in [0.29, 0.717) is 31.7 Å². The lowest BCUT2D eigenvalue weighted by molar-refractivity contribution is 0.0532. The Hall–Kier alpha value is -3.85. The van der Waals surface area contributed by atoms with Gasteiger partial charge in [-0.1, -0.05) is 18.2 Å². The number of rotatable bonds is 5. The van der Waals surface area contributed by atoms with Gasteiger partial charge in [0.15, 0.2) is 12.1 Å². The molecular formula is C24H21N5O3S. The first-order valence-electron chi connectivity index (χ1n) is 10.5. The average Bonchev–Trinajstić information content (AvgIpc) is 3.42. The van der Waals surface area contributed by atoms with E-state index >= 15 is 0 Å². The van der Waals surface area contributed by atoms with Crippen LogP contribution in [0.25, 0.3) is 10.9 Å². The van der Waals surface area contributed by atoms with Crippen molar-refractivity contribution in [2.45, 2.75) is 4.90 Å². The average molecular weight is 460 g/mol. The van der Waals surface area contributed by atoms with Crippen LogP contribution in [0.3, 0.4) is 0 Å². The summed E-state index contributed by atoms with van der Waals surface area (Å²) in [7, 11) is 0. The molecule has 0 spiro atoms. The number of nitrogens with zero attached hydrogens (tertiary/aromatic N) is 4. The summed E-state index contributed by atoms with van der Waals surface area (Å²) < 4.78 is 8.21. The molecule has 2 aromatic carbocycles. The second-order valence-corrected chi connectivity index (χ2v) is 8.42. The number of aromatic nitrogens is 2. The van der Waals surface area contributed by atoms with Crippen molar-refractivity contribution in [3.63, 3.8) is 0 Å². The highest BCUT2D eigenvalue weighted by Gasteiger charge is 2.26. The molecule has 9 heteroatoms. The minimum atomic E-state index is -0.176. The van der Waals surface area contributed by atoms with E-state index in [-0.39, 0.29) is 17.5 Å². The Morgan fingerprint density at radius 2 is 1.61 bits per heavy atom. The standard InChI is InChI=1S/C24H21N5O3S/c30-23(28-11-13-29(14-12-28)24(31)20-15-32-16-26-20)18-6-8-19(9-7-18)27-33-21-5-1-3-17-4-2-10-25-22(17)21/h1-10,15-16,27H,11-14H2. The highest BCUT2D eigenvalue weighted by molar-refractivity contribution is 8.00. The smallest absolute Gasteiger partial charge is 0.275 e. The van der Waals surface area contributed by atoms with Crippen molar-refractivity contribution in [1.29, 1.82) is 0 Å². The van der Waals surface area contributed by atoms with Crippen molar-refractivity contribution in [2.24, 2.45) is 0 Å². The highest BCUT2D eigenvalue weighted by atomic mass is 32.2. The molecule has 0 saturated carbocycles. The number of para-hydroxylation sites is 1. The summed E-state index contributed by atoms with van der Waals surface area (Å²) >= 11 is 1.49. The number of piperazine rings is 1. The Morgan fingerprint density at radius 1 is 0.879 bits per heavy atom. The molecule has 1 aliphatic rings. The lowest BCUT2D eigenvalue weighted by atomic mass is 10.1. The van der Waals surface area contributed by atoms with E-state index in [1.807, 2.05) is 54.6 Å². The lowest BCUT2D eigenvalue weighted by Crippen LogP contribution is -2.50.